The molecule has 4 aromatic rings. The molecule has 0 saturated carbocycles. The van der Waals surface area contributed by atoms with Crippen molar-refractivity contribution < 1.29 is 30.0 Å². The maximum Gasteiger partial charge on any atom is 0.155 e. The number of nitrogens with zero attached hydrogens (tertiary/aromatic N) is 2. The summed E-state index contributed by atoms with van der Waals surface area (Å²) in [5.74, 6) is -0.0625. The van der Waals surface area contributed by atoms with E-state index in [0.29, 0.717) is 0 Å². The Kier molecular flexibility index (Phi) is 6.64. The first kappa shape index (κ1) is 23.8. The summed E-state index contributed by atoms with van der Waals surface area (Å²) in [6.07, 6.45) is 3.06. The number of pyridine rings is 2. The largest absolute Gasteiger partial charge is 0.512 e. The minimum absolute atomic E-state index is 0. The van der Waals surface area contributed by atoms with E-state index in [0.717, 1.165) is 22.6 Å². The first-order valence-electron chi connectivity index (χ1n) is 10.3. The number of carbonyl (C=O) groups is 1. The molecule has 0 bridgehead atoms. The molecule has 1 aliphatic rings. The van der Waals surface area contributed by atoms with Crippen molar-refractivity contribution in [3.05, 3.63) is 83.5 Å². The van der Waals surface area contributed by atoms with Gasteiger partial charge in [-0.2, -0.15) is 0 Å². The number of rotatable bonds is 1. The van der Waals surface area contributed by atoms with Gasteiger partial charge < -0.3 is 10.1 Å². The molecule has 4 nitrogen and oxygen atoms in total. The molecule has 0 spiro atoms. The van der Waals surface area contributed by atoms with Crippen LogP contribution in [0.1, 0.15) is 44.6 Å². The van der Waals surface area contributed by atoms with Crippen LogP contribution in [-0.2, 0) is 30.3 Å². The Balaban J connectivity index is 0.000000318. The second kappa shape index (κ2) is 8.93. The number of aromatic nitrogens is 2. The maximum atomic E-state index is 10.0. The fourth-order valence-corrected chi connectivity index (χ4v) is 4.43. The van der Waals surface area contributed by atoms with Gasteiger partial charge >= 0.3 is 0 Å². The van der Waals surface area contributed by atoms with Crippen LogP contribution in [0.2, 0.25) is 0 Å². The molecule has 1 N–H and O–H groups in total. The van der Waals surface area contributed by atoms with Crippen LogP contribution in [0, 0.1) is 13.0 Å². The number of hydrogen-bond acceptors (Lipinski definition) is 4. The van der Waals surface area contributed by atoms with Crippen molar-refractivity contribution >= 4 is 27.3 Å². The van der Waals surface area contributed by atoms with Crippen LogP contribution in [0.4, 0.5) is 0 Å². The second-order valence-electron chi connectivity index (χ2n) is 8.52. The van der Waals surface area contributed by atoms with Gasteiger partial charge in [-0.05, 0) is 54.8 Å². The third kappa shape index (κ3) is 4.11. The quantitative estimate of drug-likeness (QED) is 0.160. The predicted molar refractivity (Wildman–Crippen MR) is 125 cm³/mol. The molecule has 0 aliphatic heterocycles. The van der Waals surface area contributed by atoms with Crippen molar-refractivity contribution in [1.29, 1.82) is 0 Å². The Morgan fingerprint density at radius 3 is 2.50 bits per heavy atom. The predicted octanol–water partition coefficient (Wildman–Crippen LogP) is 6.23. The zero-order chi connectivity index (χ0) is 22.3. The molecule has 0 fully saturated rings. The molecule has 2 aromatic heterocycles. The molecule has 0 unspecified atom stereocenters. The van der Waals surface area contributed by atoms with Crippen molar-refractivity contribution in [2.75, 3.05) is 0 Å². The van der Waals surface area contributed by atoms with Gasteiger partial charge in [-0.1, -0.05) is 48.9 Å². The summed E-state index contributed by atoms with van der Waals surface area (Å²) >= 11 is 0. The first-order chi connectivity index (χ1) is 14.7. The van der Waals surface area contributed by atoms with Crippen LogP contribution in [0.15, 0.2) is 60.5 Å². The van der Waals surface area contributed by atoms with Crippen LogP contribution >= 0.6 is 0 Å². The molecule has 165 valence electrons. The van der Waals surface area contributed by atoms with E-state index in [9.17, 15) is 4.79 Å². The summed E-state index contributed by atoms with van der Waals surface area (Å²) in [6.45, 7) is 9.45. The summed E-state index contributed by atoms with van der Waals surface area (Å²) in [4.78, 5) is 19.7. The molecule has 1 radical (unpaired) electrons. The Morgan fingerprint density at radius 1 is 1.12 bits per heavy atom. The molecule has 0 amide bonds. The van der Waals surface area contributed by atoms with Gasteiger partial charge in [-0.3, -0.25) is 9.78 Å². The number of ketones is 1. The molecule has 2 heterocycles. The molecular weight excluding hydrogens is 577 g/mol. The van der Waals surface area contributed by atoms with Gasteiger partial charge in [0.1, 0.15) is 0 Å². The smallest absolute Gasteiger partial charge is 0.155 e. The second-order valence-corrected chi connectivity index (χ2v) is 8.52. The van der Waals surface area contributed by atoms with E-state index in [1.54, 1.807) is 0 Å². The monoisotopic (exact) mass is 602 g/mol. The number of hydrogen-bond donors (Lipinski definition) is 1. The van der Waals surface area contributed by atoms with Gasteiger partial charge in [-0.25, -0.2) is 0 Å². The van der Waals surface area contributed by atoms with Gasteiger partial charge in [0.15, 0.2) is 5.78 Å². The van der Waals surface area contributed by atoms with Gasteiger partial charge in [0.25, 0.3) is 0 Å². The average Bonchev–Trinajstić information content (AvgIpc) is 2.70. The van der Waals surface area contributed by atoms with E-state index in [2.05, 4.69) is 69.3 Å². The zero-order valence-corrected chi connectivity index (χ0v) is 21.2. The van der Waals surface area contributed by atoms with Crippen molar-refractivity contribution in [1.82, 2.24) is 9.97 Å². The van der Waals surface area contributed by atoms with Gasteiger partial charge in [0.2, 0.25) is 0 Å². The SMILES string of the molecule is CC(=O)/C=C(/C)O.Cc1cc2ccnc3c2c(n1)C(C)(C)c1c-3[c-]cc2ccccc12.[Ir]. The topological polar surface area (TPSA) is 63.1 Å². The number of benzene rings is 2. The molecule has 2 aromatic carbocycles. The van der Waals surface area contributed by atoms with E-state index < -0.39 is 0 Å². The van der Waals surface area contributed by atoms with Gasteiger partial charge in [0.05, 0.1) is 5.76 Å². The number of carbonyl (C=O) groups excluding carboxylic acids is 1. The Bertz CT molecular complexity index is 1370. The summed E-state index contributed by atoms with van der Waals surface area (Å²) in [6, 6.07) is 18.3. The van der Waals surface area contributed by atoms with E-state index in [-0.39, 0.29) is 37.1 Å². The van der Waals surface area contributed by atoms with Crippen molar-refractivity contribution in [2.24, 2.45) is 0 Å². The third-order valence-corrected chi connectivity index (χ3v) is 5.59. The van der Waals surface area contributed by atoms with E-state index in [1.165, 1.54) is 47.0 Å². The van der Waals surface area contributed by atoms with Crippen LogP contribution in [0.3, 0.4) is 0 Å². The minimum Gasteiger partial charge on any atom is -0.512 e. The molecule has 0 atom stereocenters. The Labute approximate surface area is 201 Å². The average molecular weight is 602 g/mol. The van der Waals surface area contributed by atoms with Gasteiger partial charge in [0, 0.05) is 43.8 Å². The number of aryl methyl sites for hydroxylation is 1. The maximum absolute atomic E-state index is 10.0. The zero-order valence-electron chi connectivity index (χ0n) is 18.8. The van der Waals surface area contributed by atoms with Crippen molar-refractivity contribution in [2.45, 2.75) is 40.0 Å². The molecule has 5 heteroatoms. The summed E-state index contributed by atoms with van der Waals surface area (Å²) in [5.41, 5.74) is 5.39. The first-order valence-corrected chi connectivity index (χ1v) is 10.3. The van der Waals surface area contributed by atoms with Crippen LogP contribution in [-0.4, -0.2) is 20.9 Å². The Hall–Kier alpha value is -2.88. The van der Waals surface area contributed by atoms with Crippen molar-refractivity contribution in [3.63, 3.8) is 0 Å². The number of aliphatic hydroxyl groups is 1. The molecule has 0 saturated heterocycles. The molecule has 1 aliphatic carbocycles. The third-order valence-electron chi connectivity index (χ3n) is 5.59. The molecule has 5 rings (SSSR count). The fraction of sp³-hybridized carbons (Fsp3) is 0.222. The van der Waals surface area contributed by atoms with Gasteiger partial charge in [-0.15, -0.1) is 23.3 Å². The molecule has 32 heavy (non-hydrogen) atoms. The number of allylic oxidation sites excluding steroid dienone is 2. The standard InChI is InChI=1S/C22H17N2.C5H8O2.Ir/c1-13-12-15-10-11-23-20-17-9-8-14-6-4-5-7-16(14)19(17)22(2,3)21(24-13)18(15)20;1-4(6)3-5(2)7;/h4-8,10-12H,1-3H3;3,6H,1-2H3;/q-1;;/b;4-3-;. The summed E-state index contributed by atoms with van der Waals surface area (Å²) in [5, 5.41) is 13.2. The summed E-state index contributed by atoms with van der Waals surface area (Å²) < 4.78 is 0. The number of fused-ring (bicyclic) bond motifs is 4. The van der Waals surface area contributed by atoms with E-state index in [4.69, 9.17) is 15.1 Å². The fourth-order valence-electron chi connectivity index (χ4n) is 4.43. The van der Waals surface area contributed by atoms with Crippen molar-refractivity contribution in [3.8, 4) is 11.3 Å². The molecular formula is C27H25IrN2O2-. The van der Waals surface area contributed by atoms with Crippen LogP contribution in [0.5, 0.6) is 0 Å². The van der Waals surface area contributed by atoms with E-state index in [1.807, 2.05) is 6.20 Å². The normalized spacial score (nSPS) is 13.6. The van der Waals surface area contributed by atoms with Crippen LogP contribution < -0.4 is 0 Å². The van der Waals surface area contributed by atoms with E-state index >= 15 is 0 Å². The van der Waals surface area contributed by atoms with Crippen LogP contribution in [0.25, 0.3) is 32.8 Å². The summed E-state index contributed by atoms with van der Waals surface area (Å²) in [7, 11) is 0. The number of aliphatic hydroxyl groups excluding tert-OH is 1. The Morgan fingerprint density at radius 2 is 1.84 bits per heavy atom. The minimum atomic E-state index is -0.188.